The molecule has 5 nitrogen and oxygen atoms in total. The lowest BCUT2D eigenvalue weighted by Gasteiger charge is -2.35. The van der Waals surface area contributed by atoms with Crippen LogP contribution in [0, 0.1) is 0 Å². The Hall–Kier alpha value is -1.54. The summed E-state index contributed by atoms with van der Waals surface area (Å²) in [5.41, 5.74) is 0. The van der Waals surface area contributed by atoms with Gasteiger partial charge < -0.3 is 20.3 Å². The van der Waals surface area contributed by atoms with Crippen LogP contribution < -0.4 is 15.4 Å². The first kappa shape index (κ1) is 22.7. The highest BCUT2D eigenvalue weighted by molar-refractivity contribution is 14.0. The number of likely N-dealkylation sites (tertiary alicyclic amines) is 1. The molecule has 0 spiro atoms. The van der Waals surface area contributed by atoms with Crippen LogP contribution in [0.1, 0.15) is 26.7 Å². The van der Waals surface area contributed by atoms with Crippen molar-refractivity contribution >= 4 is 40.7 Å². The normalized spacial score (nSPS) is 16.1. The van der Waals surface area contributed by atoms with Crippen molar-refractivity contribution in [3.8, 4) is 5.75 Å². The van der Waals surface area contributed by atoms with Crippen LogP contribution in [0.5, 0.6) is 5.75 Å². The summed E-state index contributed by atoms with van der Waals surface area (Å²) in [6, 6.07) is 15.6. The van der Waals surface area contributed by atoms with Gasteiger partial charge in [0.1, 0.15) is 12.4 Å². The SMILES string of the molecule is CN=C(NCCOc1cccc2ccccc12)NC1CCN(C(C)C)CC1.I. The maximum atomic E-state index is 5.99. The minimum Gasteiger partial charge on any atom is -0.491 e. The van der Waals surface area contributed by atoms with Gasteiger partial charge in [0.15, 0.2) is 5.96 Å². The van der Waals surface area contributed by atoms with Crippen molar-refractivity contribution in [2.45, 2.75) is 38.8 Å². The largest absolute Gasteiger partial charge is 0.491 e. The molecule has 0 unspecified atom stereocenters. The first-order valence-electron chi connectivity index (χ1n) is 9.99. The van der Waals surface area contributed by atoms with Gasteiger partial charge in [-0.05, 0) is 38.1 Å². The highest BCUT2D eigenvalue weighted by Gasteiger charge is 2.21. The van der Waals surface area contributed by atoms with Gasteiger partial charge in [-0.25, -0.2) is 0 Å². The van der Waals surface area contributed by atoms with Gasteiger partial charge in [0.05, 0.1) is 6.54 Å². The zero-order valence-electron chi connectivity index (χ0n) is 17.1. The smallest absolute Gasteiger partial charge is 0.191 e. The number of fused-ring (bicyclic) bond motifs is 1. The standard InChI is InChI=1S/C22H32N4O.HI/c1-17(2)26-14-11-19(12-15-26)25-22(23-3)24-13-16-27-21-10-6-8-18-7-4-5-9-20(18)21;/h4-10,17,19H,11-16H2,1-3H3,(H2,23,24,25);1H. The summed E-state index contributed by atoms with van der Waals surface area (Å²) in [6.07, 6.45) is 2.32. The number of halogens is 1. The third-order valence-electron chi connectivity index (χ3n) is 5.23. The van der Waals surface area contributed by atoms with E-state index in [9.17, 15) is 0 Å². The lowest BCUT2D eigenvalue weighted by Crippen LogP contribution is -2.50. The second-order valence-electron chi connectivity index (χ2n) is 7.37. The maximum absolute atomic E-state index is 5.99. The summed E-state index contributed by atoms with van der Waals surface area (Å²) < 4.78 is 5.99. The van der Waals surface area contributed by atoms with E-state index < -0.39 is 0 Å². The van der Waals surface area contributed by atoms with E-state index in [-0.39, 0.29) is 24.0 Å². The zero-order valence-corrected chi connectivity index (χ0v) is 19.5. The van der Waals surface area contributed by atoms with Crippen LogP contribution in [0.2, 0.25) is 0 Å². The van der Waals surface area contributed by atoms with Crippen molar-refractivity contribution in [2.75, 3.05) is 33.3 Å². The van der Waals surface area contributed by atoms with Crippen molar-refractivity contribution in [3.63, 3.8) is 0 Å². The Morgan fingerprint density at radius 3 is 2.57 bits per heavy atom. The Morgan fingerprint density at radius 2 is 1.86 bits per heavy atom. The number of ether oxygens (including phenoxy) is 1. The molecule has 2 aromatic rings. The number of hydrogen-bond acceptors (Lipinski definition) is 3. The van der Waals surface area contributed by atoms with Gasteiger partial charge in [0.2, 0.25) is 0 Å². The molecule has 0 amide bonds. The number of benzene rings is 2. The van der Waals surface area contributed by atoms with Crippen LogP contribution in [-0.4, -0.2) is 56.2 Å². The van der Waals surface area contributed by atoms with Gasteiger partial charge in [0, 0.05) is 37.6 Å². The van der Waals surface area contributed by atoms with Gasteiger partial charge in [-0.15, -0.1) is 24.0 Å². The number of hydrogen-bond donors (Lipinski definition) is 2. The third-order valence-corrected chi connectivity index (χ3v) is 5.23. The van der Waals surface area contributed by atoms with E-state index in [0.717, 1.165) is 43.0 Å². The van der Waals surface area contributed by atoms with Gasteiger partial charge in [-0.1, -0.05) is 36.4 Å². The molecule has 1 aliphatic rings. The Labute approximate surface area is 185 Å². The molecule has 1 saturated heterocycles. The van der Waals surface area contributed by atoms with Crippen LogP contribution in [0.15, 0.2) is 47.5 Å². The number of nitrogens with one attached hydrogen (secondary N) is 2. The molecule has 0 aliphatic carbocycles. The summed E-state index contributed by atoms with van der Waals surface area (Å²) in [7, 11) is 1.82. The predicted octanol–water partition coefficient (Wildman–Crippen LogP) is 3.87. The molecule has 2 aromatic carbocycles. The molecule has 6 heteroatoms. The van der Waals surface area contributed by atoms with Gasteiger partial charge in [-0.3, -0.25) is 4.99 Å². The van der Waals surface area contributed by atoms with Crippen LogP contribution in [-0.2, 0) is 0 Å². The van der Waals surface area contributed by atoms with Crippen molar-refractivity contribution in [3.05, 3.63) is 42.5 Å². The first-order chi connectivity index (χ1) is 13.2. The van der Waals surface area contributed by atoms with Gasteiger partial charge in [-0.2, -0.15) is 0 Å². The average molecular weight is 496 g/mol. The molecule has 2 N–H and O–H groups in total. The predicted molar refractivity (Wildman–Crippen MR) is 129 cm³/mol. The van der Waals surface area contributed by atoms with E-state index in [1.807, 2.05) is 25.2 Å². The molecule has 3 rings (SSSR count). The second kappa shape index (κ2) is 11.5. The molecular weight excluding hydrogens is 463 g/mol. The molecule has 0 radical (unpaired) electrons. The average Bonchev–Trinajstić information content (AvgIpc) is 2.70. The zero-order chi connectivity index (χ0) is 19.1. The molecular formula is C22H33IN4O. The monoisotopic (exact) mass is 496 g/mol. The third kappa shape index (κ3) is 6.24. The van der Waals surface area contributed by atoms with E-state index >= 15 is 0 Å². The molecule has 0 bridgehead atoms. The van der Waals surface area contributed by atoms with E-state index in [1.165, 1.54) is 5.39 Å². The highest BCUT2D eigenvalue weighted by Crippen LogP contribution is 2.24. The lowest BCUT2D eigenvalue weighted by atomic mass is 10.0. The molecule has 1 aliphatic heterocycles. The van der Waals surface area contributed by atoms with Crippen molar-refractivity contribution in [1.29, 1.82) is 0 Å². The molecule has 154 valence electrons. The van der Waals surface area contributed by atoms with Crippen molar-refractivity contribution in [2.24, 2.45) is 4.99 Å². The topological polar surface area (TPSA) is 48.9 Å². The van der Waals surface area contributed by atoms with Crippen molar-refractivity contribution in [1.82, 2.24) is 15.5 Å². The Bertz CT molecular complexity index is 752. The van der Waals surface area contributed by atoms with E-state index in [2.05, 4.69) is 58.6 Å². The summed E-state index contributed by atoms with van der Waals surface area (Å²) in [5.74, 6) is 1.79. The number of piperidine rings is 1. The number of aliphatic imine (C=N–C) groups is 1. The molecule has 1 fully saturated rings. The summed E-state index contributed by atoms with van der Waals surface area (Å²) >= 11 is 0. The van der Waals surface area contributed by atoms with Crippen LogP contribution in [0.25, 0.3) is 10.8 Å². The molecule has 0 aromatic heterocycles. The fourth-order valence-corrected chi connectivity index (χ4v) is 3.60. The summed E-state index contributed by atoms with van der Waals surface area (Å²) in [4.78, 5) is 6.89. The number of guanidine groups is 1. The van der Waals surface area contributed by atoms with E-state index in [4.69, 9.17) is 4.74 Å². The van der Waals surface area contributed by atoms with Crippen LogP contribution >= 0.6 is 24.0 Å². The highest BCUT2D eigenvalue weighted by atomic mass is 127. The molecule has 1 heterocycles. The second-order valence-corrected chi connectivity index (χ2v) is 7.37. The Kier molecular flexibility index (Phi) is 9.31. The number of nitrogens with zero attached hydrogens (tertiary/aromatic N) is 2. The number of rotatable bonds is 6. The maximum Gasteiger partial charge on any atom is 0.191 e. The Morgan fingerprint density at radius 1 is 1.14 bits per heavy atom. The van der Waals surface area contributed by atoms with Crippen molar-refractivity contribution < 1.29 is 4.74 Å². The molecule has 28 heavy (non-hydrogen) atoms. The summed E-state index contributed by atoms with van der Waals surface area (Å²) in [5, 5.41) is 9.27. The first-order valence-corrected chi connectivity index (χ1v) is 9.99. The van der Waals surface area contributed by atoms with Gasteiger partial charge >= 0.3 is 0 Å². The molecule has 0 atom stereocenters. The van der Waals surface area contributed by atoms with E-state index in [0.29, 0.717) is 25.2 Å². The minimum absolute atomic E-state index is 0. The molecule has 0 saturated carbocycles. The fraction of sp³-hybridized carbons (Fsp3) is 0.500. The summed E-state index contributed by atoms with van der Waals surface area (Å²) in [6.45, 7) is 8.15. The van der Waals surface area contributed by atoms with Crippen LogP contribution in [0.3, 0.4) is 0 Å². The quantitative estimate of drug-likeness (QED) is 0.276. The minimum atomic E-state index is 0. The Balaban J connectivity index is 0.00000280. The van der Waals surface area contributed by atoms with Gasteiger partial charge in [0.25, 0.3) is 0 Å². The van der Waals surface area contributed by atoms with Crippen LogP contribution in [0.4, 0.5) is 0 Å². The lowest BCUT2D eigenvalue weighted by molar-refractivity contribution is 0.167. The van der Waals surface area contributed by atoms with E-state index in [1.54, 1.807) is 0 Å². The fourth-order valence-electron chi connectivity index (χ4n) is 3.60.